The molecule has 0 unspecified atom stereocenters. The standard InChI is InChI=1S/C9H14N4O3/c10-8-7(11-16-12-8)9(15)13(4-5-14)6-2-1-3-6/h6,14H,1-5H2,(H2,10,12). The quantitative estimate of drug-likeness (QED) is 0.726. The van der Waals surface area contributed by atoms with Crippen molar-refractivity contribution in [3.05, 3.63) is 5.69 Å². The molecule has 0 aromatic carbocycles. The Morgan fingerprint density at radius 1 is 1.56 bits per heavy atom. The van der Waals surface area contributed by atoms with Crippen LogP contribution in [0.1, 0.15) is 29.8 Å². The smallest absolute Gasteiger partial charge is 0.280 e. The molecule has 2 rings (SSSR count). The van der Waals surface area contributed by atoms with Crippen LogP contribution in [-0.2, 0) is 0 Å². The van der Waals surface area contributed by atoms with Crippen LogP contribution in [0.3, 0.4) is 0 Å². The molecule has 1 fully saturated rings. The summed E-state index contributed by atoms with van der Waals surface area (Å²) in [5.74, 6) is -0.329. The third-order valence-electron chi connectivity index (χ3n) is 2.83. The molecule has 0 saturated heterocycles. The monoisotopic (exact) mass is 226 g/mol. The summed E-state index contributed by atoms with van der Waals surface area (Å²) in [7, 11) is 0. The van der Waals surface area contributed by atoms with Gasteiger partial charge in [-0.05, 0) is 29.6 Å². The zero-order valence-electron chi connectivity index (χ0n) is 8.80. The van der Waals surface area contributed by atoms with Gasteiger partial charge >= 0.3 is 0 Å². The van der Waals surface area contributed by atoms with E-state index >= 15 is 0 Å². The number of rotatable bonds is 4. The van der Waals surface area contributed by atoms with Crippen LogP contribution in [0.5, 0.6) is 0 Å². The fourth-order valence-corrected chi connectivity index (χ4v) is 1.74. The van der Waals surface area contributed by atoms with Gasteiger partial charge in [-0.3, -0.25) is 4.79 Å². The fourth-order valence-electron chi connectivity index (χ4n) is 1.74. The molecule has 0 spiro atoms. The second kappa shape index (κ2) is 4.48. The number of nitrogens with two attached hydrogens (primary N) is 1. The Labute approximate surface area is 92.2 Å². The van der Waals surface area contributed by atoms with Crippen LogP contribution >= 0.6 is 0 Å². The van der Waals surface area contributed by atoms with Gasteiger partial charge in [-0.1, -0.05) is 0 Å². The molecular weight excluding hydrogens is 212 g/mol. The first-order chi connectivity index (χ1) is 7.74. The summed E-state index contributed by atoms with van der Waals surface area (Å²) in [6.45, 7) is 0.212. The summed E-state index contributed by atoms with van der Waals surface area (Å²) in [5.41, 5.74) is 5.49. The van der Waals surface area contributed by atoms with E-state index in [1.54, 1.807) is 4.90 Å². The molecule has 0 bridgehead atoms. The van der Waals surface area contributed by atoms with E-state index in [0.29, 0.717) is 0 Å². The van der Waals surface area contributed by atoms with E-state index in [1.165, 1.54) is 0 Å². The molecule has 88 valence electrons. The maximum atomic E-state index is 12.0. The maximum Gasteiger partial charge on any atom is 0.280 e. The number of anilines is 1. The highest BCUT2D eigenvalue weighted by Crippen LogP contribution is 2.26. The van der Waals surface area contributed by atoms with Crippen molar-refractivity contribution < 1.29 is 14.5 Å². The van der Waals surface area contributed by atoms with Crippen molar-refractivity contribution in [2.45, 2.75) is 25.3 Å². The van der Waals surface area contributed by atoms with E-state index in [2.05, 4.69) is 14.9 Å². The Bertz CT molecular complexity index is 375. The predicted molar refractivity (Wildman–Crippen MR) is 54.5 cm³/mol. The van der Waals surface area contributed by atoms with Crippen LogP contribution in [0.15, 0.2) is 4.63 Å². The molecule has 1 aliphatic rings. The Balaban J connectivity index is 2.13. The molecule has 1 heterocycles. The molecule has 1 aromatic heterocycles. The molecule has 0 atom stereocenters. The number of carbonyl (C=O) groups is 1. The Morgan fingerprint density at radius 3 is 2.75 bits per heavy atom. The topological polar surface area (TPSA) is 105 Å². The molecule has 7 heteroatoms. The average molecular weight is 226 g/mol. The molecular formula is C9H14N4O3. The molecule has 7 nitrogen and oxygen atoms in total. The second-order valence-electron chi connectivity index (χ2n) is 3.80. The minimum Gasteiger partial charge on any atom is -0.395 e. The summed E-state index contributed by atoms with van der Waals surface area (Å²) >= 11 is 0. The highest BCUT2D eigenvalue weighted by molar-refractivity contribution is 5.96. The molecule has 3 N–H and O–H groups in total. The largest absolute Gasteiger partial charge is 0.395 e. The van der Waals surface area contributed by atoms with Crippen molar-refractivity contribution in [2.75, 3.05) is 18.9 Å². The van der Waals surface area contributed by atoms with Gasteiger partial charge in [-0.15, -0.1) is 0 Å². The average Bonchev–Trinajstić information content (AvgIpc) is 2.60. The van der Waals surface area contributed by atoms with E-state index in [4.69, 9.17) is 10.8 Å². The summed E-state index contributed by atoms with van der Waals surface area (Å²) in [6, 6.07) is 0.177. The fraction of sp³-hybridized carbons (Fsp3) is 0.667. The summed E-state index contributed by atoms with van der Waals surface area (Å²) in [6.07, 6.45) is 3.01. The molecule has 1 aliphatic carbocycles. The minimum atomic E-state index is -0.322. The summed E-state index contributed by atoms with van der Waals surface area (Å²) in [5, 5.41) is 15.8. The Hall–Kier alpha value is -1.63. The third kappa shape index (κ3) is 1.85. The van der Waals surface area contributed by atoms with Crippen LogP contribution in [-0.4, -0.2) is 45.4 Å². The first-order valence-corrected chi connectivity index (χ1v) is 5.24. The zero-order chi connectivity index (χ0) is 11.5. The van der Waals surface area contributed by atoms with Crippen LogP contribution in [0.25, 0.3) is 0 Å². The first-order valence-electron chi connectivity index (χ1n) is 5.24. The van der Waals surface area contributed by atoms with Gasteiger partial charge in [0, 0.05) is 12.6 Å². The number of nitrogen functional groups attached to an aromatic ring is 1. The van der Waals surface area contributed by atoms with E-state index in [-0.39, 0.29) is 36.6 Å². The number of amides is 1. The normalized spacial score (nSPS) is 15.8. The molecule has 0 radical (unpaired) electrons. The van der Waals surface area contributed by atoms with E-state index < -0.39 is 0 Å². The van der Waals surface area contributed by atoms with Crippen molar-refractivity contribution >= 4 is 11.7 Å². The minimum absolute atomic E-state index is 0.00716. The lowest BCUT2D eigenvalue weighted by atomic mass is 9.91. The van der Waals surface area contributed by atoms with Crippen molar-refractivity contribution in [3.8, 4) is 0 Å². The lowest BCUT2D eigenvalue weighted by Gasteiger charge is -2.36. The Kier molecular flexibility index (Phi) is 3.04. The van der Waals surface area contributed by atoms with Gasteiger partial charge < -0.3 is 15.7 Å². The molecule has 1 saturated carbocycles. The molecule has 1 amide bonds. The van der Waals surface area contributed by atoms with Crippen molar-refractivity contribution in [2.24, 2.45) is 0 Å². The highest BCUT2D eigenvalue weighted by atomic mass is 16.6. The zero-order valence-corrected chi connectivity index (χ0v) is 8.80. The van der Waals surface area contributed by atoms with Crippen molar-refractivity contribution in [3.63, 3.8) is 0 Å². The summed E-state index contributed by atoms with van der Waals surface area (Å²) < 4.78 is 4.39. The number of aromatic nitrogens is 2. The Morgan fingerprint density at radius 2 is 2.31 bits per heavy atom. The van der Waals surface area contributed by atoms with Gasteiger partial charge in [0.1, 0.15) is 0 Å². The number of hydrogen-bond donors (Lipinski definition) is 2. The predicted octanol–water partition coefficient (Wildman–Crippen LogP) is -0.361. The second-order valence-corrected chi connectivity index (χ2v) is 3.80. The highest BCUT2D eigenvalue weighted by Gasteiger charge is 2.31. The summed E-state index contributed by atoms with van der Waals surface area (Å²) in [4.78, 5) is 13.6. The third-order valence-corrected chi connectivity index (χ3v) is 2.83. The van der Waals surface area contributed by atoms with Crippen LogP contribution < -0.4 is 5.73 Å². The van der Waals surface area contributed by atoms with Gasteiger partial charge in [-0.25, -0.2) is 4.63 Å². The number of aliphatic hydroxyl groups excluding tert-OH is 1. The van der Waals surface area contributed by atoms with E-state index in [9.17, 15) is 4.79 Å². The van der Waals surface area contributed by atoms with Gasteiger partial charge in [0.2, 0.25) is 11.5 Å². The van der Waals surface area contributed by atoms with Crippen molar-refractivity contribution in [1.29, 1.82) is 0 Å². The van der Waals surface area contributed by atoms with Crippen LogP contribution in [0.4, 0.5) is 5.82 Å². The maximum absolute atomic E-state index is 12.0. The van der Waals surface area contributed by atoms with Crippen LogP contribution in [0.2, 0.25) is 0 Å². The van der Waals surface area contributed by atoms with Crippen LogP contribution in [0, 0.1) is 0 Å². The number of nitrogens with zero attached hydrogens (tertiary/aromatic N) is 3. The molecule has 16 heavy (non-hydrogen) atoms. The lowest BCUT2D eigenvalue weighted by Crippen LogP contribution is -2.45. The lowest BCUT2D eigenvalue weighted by molar-refractivity contribution is 0.0516. The van der Waals surface area contributed by atoms with Gasteiger partial charge in [-0.2, -0.15) is 0 Å². The van der Waals surface area contributed by atoms with E-state index in [0.717, 1.165) is 19.3 Å². The number of carbonyl (C=O) groups excluding carboxylic acids is 1. The SMILES string of the molecule is Nc1nonc1C(=O)N(CCO)C1CCC1. The van der Waals surface area contributed by atoms with E-state index in [1.807, 2.05) is 0 Å². The molecule has 1 aromatic rings. The van der Waals surface area contributed by atoms with Gasteiger partial charge in [0.05, 0.1) is 6.61 Å². The van der Waals surface area contributed by atoms with Crippen molar-refractivity contribution in [1.82, 2.24) is 15.2 Å². The first kappa shape index (κ1) is 10.9. The molecule has 0 aliphatic heterocycles. The van der Waals surface area contributed by atoms with Gasteiger partial charge in [0.15, 0.2) is 0 Å². The van der Waals surface area contributed by atoms with Gasteiger partial charge in [0.25, 0.3) is 5.91 Å². The number of aliphatic hydroxyl groups is 1. The number of hydrogen-bond acceptors (Lipinski definition) is 6.